The van der Waals surface area contributed by atoms with Crippen molar-refractivity contribution in [1.82, 2.24) is 30.4 Å². The maximum atomic E-state index is 12.9. The zero-order valence-corrected chi connectivity index (χ0v) is 14.5. The average molecular weight is 340 g/mol. The van der Waals surface area contributed by atoms with Crippen molar-refractivity contribution >= 4 is 5.91 Å². The molecule has 7 heteroatoms. The van der Waals surface area contributed by atoms with Gasteiger partial charge in [0.2, 0.25) is 11.7 Å². The van der Waals surface area contributed by atoms with Crippen molar-refractivity contribution < 1.29 is 4.79 Å². The van der Waals surface area contributed by atoms with Gasteiger partial charge in [0.25, 0.3) is 0 Å². The normalized spacial score (nSPS) is 24.6. The summed E-state index contributed by atoms with van der Waals surface area (Å²) in [6.07, 6.45) is 2.16. The van der Waals surface area contributed by atoms with Crippen LogP contribution in [0.2, 0.25) is 0 Å². The molecule has 132 valence electrons. The van der Waals surface area contributed by atoms with Gasteiger partial charge < -0.3 is 10.2 Å². The number of fused-ring (bicyclic) bond motifs is 1. The third-order valence-electron chi connectivity index (χ3n) is 5.50. The summed E-state index contributed by atoms with van der Waals surface area (Å²) in [5.74, 6) is 2.06. The fraction of sp³-hybridized carbons (Fsp3) is 0.556. The van der Waals surface area contributed by atoms with Crippen LogP contribution in [0.25, 0.3) is 11.4 Å². The third-order valence-corrected chi connectivity index (χ3v) is 5.50. The summed E-state index contributed by atoms with van der Waals surface area (Å²) in [6, 6.07) is 9.28. The predicted octanol–water partition coefficient (Wildman–Crippen LogP) is 1.36. The number of aromatic nitrogens is 4. The highest BCUT2D eigenvalue weighted by Gasteiger charge is 2.33. The van der Waals surface area contributed by atoms with Gasteiger partial charge in [-0.05, 0) is 49.9 Å². The minimum Gasteiger partial charge on any atom is -0.341 e. The third kappa shape index (κ3) is 3.28. The number of amides is 1. The van der Waals surface area contributed by atoms with E-state index in [9.17, 15) is 4.79 Å². The highest BCUT2D eigenvalue weighted by atomic mass is 16.2. The number of carbonyl (C=O) groups is 1. The standard InChI is InChI=1S/C18H24N6O/c1-13(24-21-17(20-22-24)14-5-3-2-4-6-14)18(25)23-9-7-15-11-19-12-16(15)8-10-23/h2-6,13,15-16,19H,7-12H2,1H3/t13?,15-,16+. The first-order valence-electron chi connectivity index (χ1n) is 9.07. The van der Waals surface area contributed by atoms with Crippen LogP contribution in [0, 0.1) is 11.8 Å². The van der Waals surface area contributed by atoms with Crippen molar-refractivity contribution in [3.63, 3.8) is 0 Å². The summed E-state index contributed by atoms with van der Waals surface area (Å²) in [4.78, 5) is 16.3. The Morgan fingerprint density at radius 1 is 1.16 bits per heavy atom. The van der Waals surface area contributed by atoms with Crippen LogP contribution in [0.5, 0.6) is 0 Å². The summed E-state index contributed by atoms with van der Waals surface area (Å²) in [5, 5.41) is 16.1. The number of rotatable bonds is 3. The highest BCUT2D eigenvalue weighted by molar-refractivity contribution is 5.79. The van der Waals surface area contributed by atoms with Crippen LogP contribution in [0.1, 0.15) is 25.8 Å². The summed E-state index contributed by atoms with van der Waals surface area (Å²) in [7, 11) is 0. The number of carbonyl (C=O) groups excluding carboxylic acids is 1. The Labute approximate surface area is 147 Å². The molecule has 3 heterocycles. The molecule has 0 radical (unpaired) electrons. The molecule has 1 aromatic heterocycles. The SMILES string of the molecule is CC(C(=O)N1CC[C@@H]2CNC[C@@H]2CC1)n1nnc(-c2ccccc2)n1. The molecule has 0 bridgehead atoms. The lowest BCUT2D eigenvalue weighted by molar-refractivity contribution is -0.134. The average Bonchev–Trinajstić information content (AvgIpc) is 3.27. The van der Waals surface area contributed by atoms with Gasteiger partial charge in [-0.3, -0.25) is 4.79 Å². The fourth-order valence-corrected chi connectivity index (χ4v) is 3.89. The molecule has 25 heavy (non-hydrogen) atoms. The molecule has 1 amide bonds. The largest absolute Gasteiger partial charge is 0.341 e. The summed E-state index contributed by atoms with van der Waals surface area (Å²) in [5.41, 5.74) is 0.906. The van der Waals surface area contributed by atoms with Gasteiger partial charge in [0, 0.05) is 18.7 Å². The van der Waals surface area contributed by atoms with Gasteiger partial charge in [-0.15, -0.1) is 10.2 Å². The van der Waals surface area contributed by atoms with Gasteiger partial charge in [0.1, 0.15) is 6.04 Å². The molecule has 1 N–H and O–H groups in total. The van der Waals surface area contributed by atoms with E-state index in [-0.39, 0.29) is 5.91 Å². The molecule has 0 aliphatic carbocycles. The number of benzene rings is 1. The number of nitrogens with one attached hydrogen (secondary N) is 1. The van der Waals surface area contributed by atoms with E-state index in [0.717, 1.165) is 44.6 Å². The lowest BCUT2D eigenvalue weighted by Gasteiger charge is -2.23. The molecule has 2 aromatic rings. The first-order chi connectivity index (χ1) is 12.2. The Balaban J connectivity index is 1.44. The van der Waals surface area contributed by atoms with Gasteiger partial charge in [0.05, 0.1) is 0 Å². The van der Waals surface area contributed by atoms with Crippen molar-refractivity contribution in [3.8, 4) is 11.4 Å². The van der Waals surface area contributed by atoms with E-state index >= 15 is 0 Å². The van der Waals surface area contributed by atoms with Crippen molar-refractivity contribution in [2.24, 2.45) is 11.8 Å². The molecule has 0 spiro atoms. The van der Waals surface area contributed by atoms with Gasteiger partial charge >= 0.3 is 0 Å². The first-order valence-corrected chi connectivity index (χ1v) is 9.07. The Kier molecular flexibility index (Phi) is 4.48. The second kappa shape index (κ2) is 6.92. The summed E-state index contributed by atoms with van der Waals surface area (Å²) >= 11 is 0. The lowest BCUT2D eigenvalue weighted by atomic mass is 9.92. The van der Waals surface area contributed by atoms with Crippen LogP contribution in [0.4, 0.5) is 0 Å². The maximum Gasteiger partial charge on any atom is 0.249 e. The molecule has 2 fully saturated rings. The van der Waals surface area contributed by atoms with E-state index in [1.807, 2.05) is 42.2 Å². The second-order valence-electron chi connectivity index (χ2n) is 7.06. The minimum atomic E-state index is -0.430. The number of nitrogens with zero attached hydrogens (tertiary/aromatic N) is 5. The number of hydrogen-bond acceptors (Lipinski definition) is 5. The minimum absolute atomic E-state index is 0.0879. The van der Waals surface area contributed by atoms with Crippen LogP contribution in [0.3, 0.4) is 0 Å². The lowest BCUT2D eigenvalue weighted by Crippen LogP contribution is -2.38. The maximum absolute atomic E-state index is 12.9. The van der Waals surface area contributed by atoms with Crippen molar-refractivity contribution in [1.29, 1.82) is 0 Å². The predicted molar refractivity (Wildman–Crippen MR) is 93.6 cm³/mol. The Bertz CT molecular complexity index is 716. The topological polar surface area (TPSA) is 75.9 Å². The van der Waals surface area contributed by atoms with Crippen LogP contribution in [-0.4, -0.2) is 57.2 Å². The van der Waals surface area contributed by atoms with Gasteiger partial charge in [-0.25, -0.2) is 0 Å². The smallest absolute Gasteiger partial charge is 0.249 e. The number of hydrogen-bond donors (Lipinski definition) is 1. The van der Waals surface area contributed by atoms with Crippen LogP contribution in [0.15, 0.2) is 30.3 Å². The first kappa shape index (κ1) is 16.2. The Morgan fingerprint density at radius 3 is 2.52 bits per heavy atom. The Morgan fingerprint density at radius 2 is 1.84 bits per heavy atom. The molecule has 7 nitrogen and oxygen atoms in total. The van der Waals surface area contributed by atoms with E-state index in [2.05, 4.69) is 20.7 Å². The van der Waals surface area contributed by atoms with Crippen LogP contribution in [-0.2, 0) is 4.79 Å². The molecule has 1 unspecified atom stereocenters. The van der Waals surface area contributed by atoms with Gasteiger partial charge in [0.15, 0.2) is 0 Å². The van der Waals surface area contributed by atoms with Crippen molar-refractivity contribution in [2.45, 2.75) is 25.8 Å². The second-order valence-corrected chi connectivity index (χ2v) is 7.06. The van der Waals surface area contributed by atoms with E-state index in [0.29, 0.717) is 17.7 Å². The summed E-state index contributed by atoms with van der Waals surface area (Å²) < 4.78 is 0. The molecule has 2 aliphatic rings. The number of likely N-dealkylation sites (tertiary alicyclic amines) is 1. The monoisotopic (exact) mass is 340 g/mol. The van der Waals surface area contributed by atoms with Crippen LogP contribution >= 0.6 is 0 Å². The quantitative estimate of drug-likeness (QED) is 0.913. The summed E-state index contributed by atoms with van der Waals surface area (Å²) in [6.45, 7) is 5.69. The number of tetrazole rings is 1. The molecule has 4 rings (SSSR count). The van der Waals surface area contributed by atoms with E-state index in [1.165, 1.54) is 4.80 Å². The molecule has 2 aliphatic heterocycles. The molecule has 3 atom stereocenters. The van der Waals surface area contributed by atoms with Crippen molar-refractivity contribution in [3.05, 3.63) is 30.3 Å². The van der Waals surface area contributed by atoms with E-state index in [1.54, 1.807) is 0 Å². The molecule has 1 aromatic carbocycles. The van der Waals surface area contributed by atoms with Crippen LogP contribution < -0.4 is 5.32 Å². The zero-order valence-electron chi connectivity index (χ0n) is 14.5. The van der Waals surface area contributed by atoms with Crippen molar-refractivity contribution in [2.75, 3.05) is 26.2 Å². The van der Waals surface area contributed by atoms with E-state index in [4.69, 9.17) is 0 Å². The molecule has 0 saturated carbocycles. The highest BCUT2D eigenvalue weighted by Crippen LogP contribution is 2.28. The molecular weight excluding hydrogens is 316 g/mol. The Hall–Kier alpha value is -2.28. The molecular formula is C18H24N6O. The van der Waals surface area contributed by atoms with E-state index < -0.39 is 6.04 Å². The molecule has 2 saturated heterocycles. The fourth-order valence-electron chi connectivity index (χ4n) is 3.89. The zero-order chi connectivity index (χ0) is 17.2. The van der Waals surface area contributed by atoms with Gasteiger partial charge in [-0.2, -0.15) is 4.80 Å². The van der Waals surface area contributed by atoms with Gasteiger partial charge in [-0.1, -0.05) is 30.3 Å².